The summed E-state index contributed by atoms with van der Waals surface area (Å²) in [5.41, 5.74) is -0.183. The Morgan fingerprint density at radius 2 is 2.25 bits per heavy atom. The van der Waals surface area contributed by atoms with Crippen LogP contribution in [0, 0.1) is 5.82 Å². The monoisotopic (exact) mass is 281 g/mol. The molecular formula is C12H13BFNO5. The molecule has 0 bridgehead atoms. The molecule has 0 saturated carbocycles. The molecule has 1 aromatic rings. The van der Waals surface area contributed by atoms with Crippen LogP contribution in [0.5, 0.6) is 5.75 Å². The number of carboxylic acids is 1. The molecule has 1 aliphatic rings. The minimum atomic E-state index is -1.47. The quantitative estimate of drug-likeness (QED) is 0.696. The van der Waals surface area contributed by atoms with Crippen molar-refractivity contribution in [3.05, 3.63) is 29.1 Å². The van der Waals surface area contributed by atoms with Gasteiger partial charge in [-0.15, -0.1) is 0 Å². The van der Waals surface area contributed by atoms with Gasteiger partial charge in [-0.25, -0.2) is 9.18 Å². The molecule has 0 radical (unpaired) electrons. The molecule has 0 aliphatic carbocycles. The molecule has 3 N–H and O–H groups in total. The Kier molecular flexibility index (Phi) is 3.94. The van der Waals surface area contributed by atoms with E-state index in [2.05, 4.69) is 5.32 Å². The van der Waals surface area contributed by atoms with Crippen LogP contribution < -0.4 is 9.97 Å². The molecule has 0 aromatic heterocycles. The third-order valence-corrected chi connectivity index (χ3v) is 3.09. The molecule has 1 heterocycles. The number of nitrogens with one attached hydrogen (secondary N) is 1. The van der Waals surface area contributed by atoms with Crippen molar-refractivity contribution < 1.29 is 28.8 Å². The maximum Gasteiger partial charge on any atom is 0.547 e. The van der Waals surface area contributed by atoms with Crippen molar-refractivity contribution >= 4 is 19.0 Å². The number of carbonyl (C=O) groups is 2. The van der Waals surface area contributed by atoms with Crippen LogP contribution in [0.4, 0.5) is 4.39 Å². The zero-order valence-corrected chi connectivity index (χ0v) is 10.7. The van der Waals surface area contributed by atoms with Crippen LogP contribution in [0.15, 0.2) is 12.1 Å². The number of halogens is 1. The second-order valence-electron chi connectivity index (χ2n) is 4.46. The molecule has 1 amide bonds. The number of benzene rings is 1. The van der Waals surface area contributed by atoms with Crippen molar-refractivity contribution in [1.82, 2.24) is 5.32 Å². The summed E-state index contributed by atoms with van der Waals surface area (Å²) in [7, 11) is -1.42. The Balaban J connectivity index is 2.34. The van der Waals surface area contributed by atoms with Crippen molar-refractivity contribution in [2.75, 3.05) is 0 Å². The lowest BCUT2D eigenvalue weighted by Crippen LogP contribution is -2.53. The lowest BCUT2D eigenvalue weighted by atomic mass is 9.72. The van der Waals surface area contributed by atoms with Crippen LogP contribution in [0.2, 0.25) is 0 Å². The lowest BCUT2D eigenvalue weighted by Gasteiger charge is -2.28. The minimum Gasteiger partial charge on any atom is -0.534 e. The summed E-state index contributed by atoms with van der Waals surface area (Å²) in [6.07, 6.45) is 0.419. The summed E-state index contributed by atoms with van der Waals surface area (Å²) < 4.78 is 18.6. The SMILES string of the molecule is CCC(=O)NC1Cc2ccc(F)c(C(=O)O)c2OB1O. The fourth-order valence-electron chi connectivity index (χ4n) is 2.07. The molecule has 106 valence electrons. The Labute approximate surface area is 114 Å². The summed E-state index contributed by atoms with van der Waals surface area (Å²) in [6.45, 7) is 1.66. The van der Waals surface area contributed by atoms with E-state index in [4.69, 9.17) is 9.76 Å². The van der Waals surface area contributed by atoms with E-state index >= 15 is 0 Å². The molecule has 1 aliphatic heterocycles. The zero-order valence-electron chi connectivity index (χ0n) is 10.7. The Bertz CT molecular complexity index is 565. The third-order valence-electron chi connectivity index (χ3n) is 3.09. The first-order valence-electron chi connectivity index (χ1n) is 6.12. The summed E-state index contributed by atoms with van der Waals surface area (Å²) in [5.74, 6) is -3.54. The second kappa shape index (κ2) is 5.50. The van der Waals surface area contributed by atoms with E-state index in [1.54, 1.807) is 6.92 Å². The average molecular weight is 281 g/mol. The van der Waals surface area contributed by atoms with Crippen LogP contribution in [0.1, 0.15) is 29.3 Å². The van der Waals surface area contributed by atoms with Crippen molar-refractivity contribution in [3.63, 3.8) is 0 Å². The highest BCUT2D eigenvalue weighted by Gasteiger charge is 2.38. The van der Waals surface area contributed by atoms with E-state index in [0.29, 0.717) is 5.56 Å². The van der Waals surface area contributed by atoms with Gasteiger partial charge in [-0.2, -0.15) is 0 Å². The molecular weight excluding hydrogens is 268 g/mol. The summed E-state index contributed by atoms with van der Waals surface area (Å²) in [5, 5.41) is 21.4. The molecule has 2 rings (SSSR count). The zero-order chi connectivity index (χ0) is 14.9. The van der Waals surface area contributed by atoms with Crippen molar-refractivity contribution in [2.24, 2.45) is 0 Å². The fraction of sp³-hybridized carbons (Fsp3) is 0.333. The van der Waals surface area contributed by atoms with Gasteiger partial charge in [0.05, 0.1) is 5.94 Å². The highest BCUT2D eigenvalue weighted by Crippen LogP contribution is 2.31. The molecule has 0 spiro atoms. The maximum absolute atomic E-state index is 13.5. The van der Waals surface area contributed by atoms with E-state index in [0.717, 1.165) is 6.07 Å². The fourth-order valence-corrected chi connectivity index (χ4v) is 2.07. The Hall–Kier alpha value is -2.09. The van der Waals surface area contributed by atoms with Crippen LogP contribution in [0.3, 0.4) is 0 Å². The van der Waals surface area contributed by atoms with Crippen molar-refractivity contribution in [3.8, 4) is 5.75 Å². The largest absolute Gasteiger partial charge is 0.547 e. The smallest absolute Gasteiger partial charge is 0.534 e. The van der Waals surface area contributed by atoms with Crippen LogP contribution in [-0.4, -0.2) is 35.1 Å². The van der Waals surface area contributed by atoms with Gasteiger partial charge in [-0.1, -0.05) is 13.0 Å². The number of amides is 1. The molecule has 8 heteroatoms. The maximum atomic E-state index is 13.5. The third kappa shape index (κ3) is 2.60. The molecule has 0 fully saturated rings. The molecule has 1 unspecified atom stereocenters. The summed E-state index contributed by atoms with van der Waals surface area (Å²) in [4.78, 5) is 22.4. The summed E-state index contributed by atoms with van der Waals surface area (Å²) >= 11 is 0. The van der Waals surface area contributed by atoms with Gasteiger partial charge in [0.1, 0.15) is 17.1 Å². The van der Waals surface area contributed by atoms with E-state index in [9.17, 15) is 19.0 Å². The van der Waals surface area contributed by atoms with Gasteiger partial charge in [-0.3, -0.25) is 4.79 Å². The number of hydrogen-bond donors (Lipinski definition) is 3. The Morgan fingerprint density at radius 1 is 1.55 bits per heavy atom. The van der Waals surface area contributed by atoms with Crippen LogP contribution in [0.25, 0.3) is 0 Å². The first-order chi connectivity index (χ1) is 9.43. The van der Waals surface area contributed by atoms with Gasteiger partial charge in [0.25, 0.3) is 0 Å². The molecule has 1 aromatic carbocycles. The summed E-state index contributed by atoms with van der Waals surface area (Å²) in [6, 6.07) is 2.41. The number of carbonyl (C=O) groups excluding carboxylic acids is 1. The number of carboxylic acid groups (broad SMARTS) is 1. The Morgan fingerprint density at radius 3 is 2.85 bits per heavy atom. The highest BCUT2D eigenvalue weighted by atomic mass is 19.1. The number of hydrogen-bond acceptors (Lipinski definition) is 4. The molecule has 0 saturated heterocycles. The predicted octanol–water partition coefficient (Wildman–Crippen LogP) is 0.373. The number of aromatic carboxylic acids is 1. The van der Waals surface area contributed by atoms with Gasteiger partial charge in [0, 0.05) is 6.42 Å². The minimum absolute atomic E-state index is 0.169. The first-order valence-corrected chi connectivity index (χ1v) is 6.12. The van der Waals surface area contributed by atoms with Crippen molar-refractivity contribution in [2.45, 2.75) is 25.7 Å². The molecule has 1 atom stereocenters. The van der Waals surface area contributed by atoms with E-state index < -0.39 is 30.4 Å². The van der Waals surface area contributed by atoms with Crippen LogP contribution >= 0.6 is 0 Å². The lowest BCUT2D eigenvalue weighted by molar-refractivity contribution is -0.121. The van der Waals surface area contributed by atoms with E-state index in [-0.39, 0.29) is 24.5 Å². The van der Waals surface area contributed by atoms with Gasteiger partial charge >= 0.3 is 13.1 Å². The van der Waals surface area contributed by atoms with Crippen molar-refractivity contribution in [1.29, 1.82) is 0 Å². The van der Waals surface area contributed by atoms with Gasteiger partial charge in [-0.05, 0) is 18.1 Å². The topological polar surface area (TPSA) is 95.9 Å². The number of fused-ring (bicyclic) bond motifs is 1. The normalized spacial score (nSPS) is 17.1. The predicted molar refractivity (Wildman–Crippen MR) is 67.9 cm³/mol. The van der Waals surface area contributed by atoms with E-state index in [1.807, 2.05) is 0 Å². The highest BCUT2D eigenvalue weighted by molar-refractivity contribution is 6.47. The molecule has 6 nitrogen and oxygen atoms in total. The average Bonchev–Trinajstić information content (AvgIpc) is 2.39. The number of rotatable bonds is 3. The van der Waals surface area contributed by atoms with Crippen LogP contribution in [-0.2, 0) is 11.2 Å². The van der Waals surface area contributed by atoms with E-state index in [1.165, 1.54) is 6.07 Å². The molecule has 20 heavy (non-hydrogen) atoms. The van der Waals surface area contributed by atoms with Gasteiger partial charge < -0.3 is 20.1 Å². The van der Waals surface area contributed by atoms with Gasteiger partial charge in [0.2, 0.25) is 5.91 Å². The van der Waals surface area contributed by atoms with Gasteiger partial charge in [0.15, 0.2) is 0 Å². The standard InChI is InChI=1S/C12H13BFNO5/c1-2-9(16)15-8-5-6-3-4-7(14)10(12(17)18)11(6)20-13(8)19/h3-4,8,19H,2,5H2,1H3,(H,15,16)(H,17,18). The second-order valence-corrected chi connectivity index (χ2v) is 4.46. The first kappa shape index (κ1) is 14.3.